The van der Waals surface area contributed by atoms with E-state index in [9.17, 15) is 19.8 Å². The van der Waals surface area contributed by atoms with Crippen LogP contribution in [0.25, 0.3) is 10.8 Å². The molecule has 0 spiro atoms. The van der Waals surface area contributed by atoms with Crippen LogP contribution in [0, 0.1) is 0 Å². The smallest absolute Gasteiger partial charge is 0.256 e. The number of aliphatic hydroxyl groups is 1. The molecule has 0 saturated carbocycles. The Hall–Kier alpha value is -3.73. The Morgan fingerprint density at radius 3 is 2.65 bits per heavy atom. The predicted molar refractivity (Wildman–Crippen MR) is 165 cm³/mol. The van der Waals surface area contributed by atoms with Gasteiger partial charge in [-0.05, 0) is 49.1 Å². The number of hydrogen-bond donors (Lipinski definition) is 3. The number of nitrogens with two attached hydrogens (primary N) is 1. The first-order valence-electron chi connectivity index (χ1n) is 14.8. The van der Waals surface area contributed by atoms with Crippen molar-refractivity contribution >= 4 is 45.6 Å². The molecule has 0 radical (unpaired) electrons. The lowest BCUT2D eigenvalue weighted by atomic mass is 9.95. The van der Waals surface area contributed by atoms with Crippen LogP contribution in [0.1, 0.15) is 60.4 Å². The van der Waals surface area contributed by atoms with E-state index in [-0.39, 0.29) is 29.5 Å². The molecule has 228 valence electrons. The van der Waals surface area contributed by atoms with Crippen molar-refractivity contribution in [3.63, 3.8) is 0 Å². The Morgan fingerprint density at radius 2 is 1.88 bits per heavy atom. The fourth-order valence-electron chi connectivity index (χ4n) is 6.70. The minimum atomic E-state index is -1.02. The van der Waals surface area contributed by atoms with Crippen LogP contribution in [0.4, 0.5) is 11.4 Å². The molecular weight excluding hydrogens is 572 g/mol. The third-order valence-electron chi connectivity index (χ3n) is 8.90. The van der Waals surface area contributed by atoms with Crippen LogP contribution in [0.15, 0.2) is 42.5 Å². The van der Waals surface area contributed by atoms with E-state index in [1.807, 2.05) is 24.3 Å². The van der Waals surface area contributed by atoms with Crippen molar-refractivity contribution in [1.82, 2.24) is 4.90 Å². The van der Waals surface area contributed by atoms with E-state index in [2.05, 4.69) is 0 Å². The lowest BCUT2D eigenvalue weighted by Gasteiger charge is -2.30. The third kappa shape index (κ3) is 5.21. The molecule has 1 saturated heterocycles. The van der Waals surface area contributed by atoms with Crippen molar-refractivity contribution in [2.75, 3.05) is 42.6 Å². The average molecular weight is 609 g/mol. The molecule has 3 aliphatic rings. The van der Waals surface area contributed by atoms with Gasteiger partial charge in [0, 0.05) is 48.8 Å². The molecule has 2 amide bonds. The Bertz CT molecular complexity index is 1550. The molecule has 0 aromatic heterocycles. The number of aromatic hydroxyl groups is 1. The standard InChI is InChI=1S/C32H37ClN4O6/c1-42-27-14-22-24(37(34)32(41)23-10-7-12-35(23)31(22)40)16-28(27)43-13-6-2-3-11-29(39)36-18-19(17-33)30-21-9-5-4-8-20(21)26(38)15-25(30)36/h4-5,8-9,14-16,19,23,32,38,41H,2-3,6-7,10-13,17-18,34H2,1H3/t19-,23?,32?/m1/s1. The number of aliphatic hydroxyl groups excluding tert-OH is 1. The number of nitrogens with zero attached hydrogens (tertiary/aromatic N) is 3. The van der Waals surface area contributed by atoms with Crippen molar-refractivity contribution in [2.24, 2.45) is 5.84 Å². The highest BCUT2D eigenvalue weighted by Crippen LogP contribution is 2.45. The van der Waals surface area contributed by atoms with Gasteiger partial charge in [0.1, 0.15) is 5.75 Å². The summed E-state index contributed by atoms with van der Waals surface area (Å²) in [6.45, 7) is 1.45. The van der Waals surface area contributed by atoms with Crippen LogP contribution in [-0.4, -0.2) is 71.9 Å². The first-order chi connectivity index (χ1) is 20.8. The van der Waals surface area contributed by atoms with E-state index >= 15 is 0 Å². The number of alkyl halides is 1. The van der Waals surface area contributed by atoms with Gasteiger partial charge >= 0.3 is 0 Å². The zero-order valence-corrected chi connectivity index (χ0v) is 24.9. The molecular formula is C32H37ClN4O6. The lowest BCUT2D eigenvalue weighted by Crippen LogP contribution is -2.51. The van der Waals surface area contributed by atoms with E-state index in [0.717, 1.165) is 34.9 Å². The normalized spacial score (nSPS) is 21.1. The van der Waals surface area contributed by atoms with Crippen molar-refractivity contribution in [2.45, 2.75) is 56.7 Å². The lowest BCUT2D eigenvalue weighted by molar-refractivity contribution is -0.118. The molecule has 4 N–H and O–H groups in total. The van der Waals surface area contributed by atoms with E-state index < -0.39 is 6.23 Å². The quantitative estimate of drug-likeness (QED) is 0.184. The van der Waals surface area contributed by atoms with Crippen LogP contribution in [0.3, 0.4) is 0 Å². The van der Waals surface area contributed by atoms with Crippen LogP contribution < -0.4 is 25.2 Å². The number of carbonyl (C=O) groups excluding carboxylic acids is 2. The van der Waals surface area contributed by atoms with Gasteiger partial charge in [0.15, 0.2) is 17.7 Å². The summed E-state index contributed by atoms with van der Waals surface area (Å²) < 4.78 is 11.6. The second-order valence-electron chi connectivity index (χ2n) is 11.4. The SMILES string of the molecule is COc1cc2c(cc1OCCCCCC(=O)N1C[C@@H](CCl)c3c1cc(O)c1ccccc31)N(N)C(O)C1CCCN1C2=O. The molecule has 11 heteroatoms. The van der Waals surface area contributed by atoms with Crippen molar-refractivity contribution in [3.8, 4) is 17.2 Å². The topological polar surface area (TPSA) is 129 Å². The molecule has 3 atom stereocenters. The number of hydrazine groups is 1. The Morgan fingerprint density at radius 1 is 1.09 bits per heavy atom. The summed E-state index contributed by atoms with van der Waals surface area (Å²) in [7, 11) is 1.52. The molecule has 2 unspecified atom stereocenters. The maximum atomic E-state index is 13.3. The van der Waals surface area contributed by atoms with Crippen LogP contribution in [-0.2, 0) is 4.79 Å². The monoisotopic (exact) mass is 608 g/mol. The van der Waals surface area contributed by atoms with Crippen LogP contribution >= 0.6 is 11.6 Å². The van der Waals surface area contributed by atoms with E-state index in [4.69, 9.17) is 26.9 Å². The summed E-state index contributed by atoms with van der Waals surface area (Å²) in [6, 6.07) is 12.3. The van der Waals surface area contributed by atoms with Gasteiger partial charge in [-0.15, -0.1) is 11.6 Å². The minimum Gasteiger partial charge on any atom is -0.507 e. The number of halogens is 1. The molecule has 3 aromatic rings. The van der Waals surface area contributed by atoms with Gasteiger partial charge in [0.05, 0.1) is 36.7 Å². The number of carbonyl (C=O) groups is 2. The Labute approximate surface area is 255 Å². The number of hydrogen-bond acceptors (Lipinski definition) is 8. The maximum absolute atomic E-state index is 13.3. The Balaban J connectivity index is 1.06. The molecule has 3 heterocycles. The minimum absolute atomic E-state index is 0.00339. The van der Waals surface area contributed by atoms with E-state index in [1.54, 1.807) is 28.0 Å². The zero-order valence-electron chi connectivity index (χ0n) is 24.2. The summed E-state index contributed by atoms with van der Waals surface area (Å²) in [5.74, 6) is 7.51. The molecule has 10 nitrogen and oxygen atoms in total. The van der Waals surface area contributed by atoms with Gasteiger partial charge in [-0.2, -0.15) is 0 Å². The molecule has 3 aromatic carbocycles. The van der Waals surface area contributed by atoms with Gasteiger partial charge in [0.25, 0.3) is 5.91 Å². The fourth-order valence-corrected chi connectivity index (χ4v) is 6.96. The number of amides is 2. The summed E-state index contributed by atoms with van der Waals surface area (Å²) in [4.78, 5) is 29.9. The molecule has 6 rings (SSSR count). The van der Waals surface area contributed by atoms with Crippen molar-refractivity contribution < 1.29 is 29.3 Å². The summed E-state index contributed by atoms with van der Waals surface area (Å²) in [6.07, 6.45) is 2.99. The molecule has 3 aliphatic heterocycles. The first-order valence-corrected chi connectivity index (χ1v) is 15.4. The maximum Gasteiger partial charge on any atom is 0.256 e. The van der Waals surface area contributed by atoms with Gasteiger partial charge in [-0.25, -0.2) is 5.84 Å². The van der Waals surface area contributed by atoms with Gasteiger partial charge in [-0.1, -0.05) is 24.3 Å². The van der Waals surface area contributed by atoms with Crippen molar-refractivity contribution in [1.29, 1.82) is 0 Å². The van der Waals surface area contributed by atoms with Crippen molar-refractivity contribution in [3.05, 3.63) is 53.6 Å². The number of methoxy groups -OCH3 is 1. The number of anilines is 2. The largest absolute Gasteiger partial charge is 0.507 e. The molecule has 0 aliphatic carbocycles. The number of rotatable bonds is 9. The third-order valence-corrected chi connectivity index (χ3v) is 9.28. The second-order valence-corrected chi connectivity index (χ2v) is 11.7. The molecule has 43 heavy (non-hydrogen) atoms. The summed E-state index contributed by atoms with van der Waals surface area (Å²) >= 11 is 6.31. The van der Waals surface area contributed by atoms with E-state index in [0.29, 0.717) is 74.0 Å². The number of phenolic OH excluding ortho intramolecular Hbond substituents is 1. The molecule has 0 bridgehead atoms. The second kappa shape index (κ2) is 12.1. The Kier molecular flexibility index (Phi) is 8.26. The van der Waals surface area contributed by atoms with Crippen LogP contribution in [0.2, 0.25) is 0 Å². The van der Waals surface area contributed by atoms with E-state index in [1.165, 1.54) is 12.1 Å². The highest BCUT2D eigenvalue weighted by atomic mass is 35.5. The fraction of sp³-hybridized carbons (Fsp3) is 0.438. The number of benzene rings is 3. The highest BCUT2D eigenvalue weighted by molar-refractivity contribution is 6.19. The zero-order chi connectivity index (χ0) is 30.2. The first kappa shape index (κ1) is 29.3. The predicted octanol–water partition coefficient (Wildman–Crippen LogP) is 4.48. The van der Waals surface area contributed by atoms with Gasteiger partial charge in [0.2, 0.25) is 5.91 Å². The van der Waals surface area contributed by atoms with Gasteiger partial charge < -0.3 is 29.5 Å². The number of ether oxygens (including phenoxy) is 2. The average Bonchev–Trinajstić information content (AvgIpc) is 3.65. The highest BCUT2D eigenvalue weighted by Gasteiger charge is 2.42. The van der Waals surface area contributed by atoms with Crippen LogP contribution in [0.5, 0.6) is 17.2 Å². The molecule has 1 fully saturated rings. The van der Waals surface area contributed by atoms with Gasteiger partial charge in [-0.3, -0.25) is 14.6 Å². The number of unbranched alkanes of at least 4 members (excludes halogenated alkanes) is 2. The number of fused-ring (bicyclic) bond motifs is 5. The summed E-state index contributed by atoms with van der Waals surface area (Å²) in [5.41, 5.74) is 2.53. The number of phenols is 1. The summed E-state index contributed by atoms with van der Waals surface area (Å²) in [5, 5.41) is 24.4.